The van der Waals surface area contributed by atoms with Gasteiger partial charge in [-0.25, -0.2) is 0 Å². The van der Waals surface area contributed by atoms with E-state index >= 15 is 0 Å². The second-order valence-electron chi connectivity index (χ2n) is 3.89. The molecule has 0 aliphatic heterocycles. The minimum absolute atomic E-state index is 0.479. The average Bonchev–Trinajstić information content (AvgIpc) is 2.27. The number of nitrogens with two attached hydrogens (primary N) is 1. The fraction of sp³-hybridized carbons (Fsp3) is 0.583. The summed E-state index contributed by atoms with van der Waals surface area (Å²) in [6, 6.07) is 3.83. The van der Waals surface area contributed by atoms with Crippen molar-refractivity contribution in [2.45, 2.75) is 33.2 Å². The van der Waals surface area contributed by atoms with Crippen LogP contribution >= 0.6 is 0 Å². The van der Waals surface area contributed by atoms with Gasteiger partial charge in [-0.1, -0.05) is 20.3 Å². The Kier molecular flexibility index (Phi) is 5.12. The van der Waals surface area contributed by atoms with E-state index in [9.17, 15) is 0 Å². The predicted octanol–water partition coefficient (Wildman–Crippen LogP) is 2.36. The second-order valence-corrected chi connectivity index (χ2v) is 3.89. The number of pyridine rings is 1. The zero-order valence-corrected chi connectivity index (χ0v) is 9.57. The van der Waals surface area contributed by atoms with E-state index in [0.29, 0.717) is 12.5 Å². The third-order valence-electron chi connectivity index (χ3n) is 2.32. The zero-order chi connectivity index (χ0) is 11.1. The molecule has 1 aromatic rings. The van der Waals surface area contributed by atoms with E-state index in [2.05, 4.69) is 18.8 Å². The highest BCUT2D eigenvalue weighted by atomic mass is 16.5. The largest absolute Gasteiger partial charge is 0.492 e. The van der Waals surface area contributed by atoms with E-state index in [4.69, 9.17) is 10.5 Å². The molecule has 15 heavy (non-hydrogen) atoms. The molecule has 0 spiro atoms. The lowest BCUT2D eigenvalue weighted by Gasteiger charge is -2.11. The van der Waals surface area contributed by atoms with Crippen LogP contribution in [-0.4, -0.2) is 11.6 Å². The SMILES string of the molecule is CCCC(C)COc1ccc(CN)nc1. The molecule has 0 saturated carbocycles. The van der Waals surface area contributed by atoms with Crippen molar-refractivity contribution in [3.05, 3.63) is 24.0 Å². The number of aromatic nitrogens is 1. The van der Waals surface area contributed by atoms with Gasteiger partial charge in [0.25, 0.3) is 0 Å². The number of hydrogen-bond donors (Lipinski definition) is 1. The first-order valence-corrected chi connectivity index (χ1v) is 5.54. The van der Waals surface area contributed by atoms with Crippen molar-refractivity contribution in [1.82, 2.24) is 4.98 Å². The van der Waals surface area contributed by atoms with Crippen molar-refractivity contribution in [2.75, 3.05) is 6.61 Å². The van der Waals surface area contributed by atoms with Gasteiger partial charge in [0.15, 0.2) is 0 Å². The molecule has 1 unspecified atom stereocenters. The summed E-state index contributed by atoms with van der Waals surface area (Å²) >= 11 is 0. The molecule has 0 amide bonds. The maximum atomic E-state index is 5.62. The van der Waals surface area contributed by atoms with Crippen molar-refractivity contribution < 1.29 is 4.74 Å². The summed E-state index contributed by atoms with van der Waals surface area (Å²) in [6.45, 7) is 5.63. The van der Waals surface area contributed by atoms with Crippen LogP contribution in [0.3, 0.4) is 0 Å². The van der Waals surface area contributed by atoms with Gasteiger partial charge in [-0.05, 0) is 24.5 Å². The quantitative estimate of drug-likeness (QED) is 0.780. The Morgan fingerprint density at radius 3 is 2.80 bits per heavy atom. The summed E-state index contributed by atoms with van der Waals surface area (Å²) in [7, 11) is 0. The summed E-state index contributed by atoms with van der Waals surface area (Å²) in [4.78, 5) is 4.17. The summed E-state index contributed by atoms with van der Waals surface area (Å²) in [5, 5.41) is 0. The molecule has 3 nitrogen and oxygen atoms in total. The number of rotatable bonds is 6. The van der Waals surface area contributed by atoms with Gasteiger partial charge < -0.3 is 10.5 Å². The van der Waals surface area contributed by atoms with E-state index in [1.807, 2.05) is 12.1 Å². The molecule has 84 valence electrons. The van der Waals surface area contributed by atoms with Crippen LogP contribution in [0.5, 0.6) is 5.75 Å². The highest BCUT2D eigenvalue weighted by Gasteiger charge is 2.02. The van der Waals surface area contributed by atoms with Crippen LogP contribution in [0.1, 0.15) is 32.4 Å². The Balaban J connectivity index is 2.37. The van der Waals surface area contributed by atoms with Crippen LogP contribution in [0.25, 0.3) is 0 Å². The molecule has 3 heteroatoms. The van der Waals surface area contributed by atoms with Crippen LogP contribution in [0, 0.1) is 5.92 Å². The van der Waals surface area contributed by atoms with Crippen molar-refractivity contribution in [2.24, 2.45) is 11.7 Å². The Hall–Kier alpha value is -1.09. The Bertz CT molecular complexity index is 271. The molecule has 1 heterocycles. The van der Waals surface area contributed by atoms with Crippen LogP contribution in [0.2, 0.25) is 0 Å². The number of ether oxygens (including phenoxy) is 1. The van der Waals surface area contributed by atoms with Gasteiger partial charge in [0.2, 0.25) is 0 Å². The maximum Gasteiger partial charge on any atom is 0.137 e. The maximum absolute atomic E-state index is 5.62. The smallest absolute Gasteiger partial charge is 0.137 e. The average molecular weight is 208 g/mol. The molecule has 1 atom stereocenters. The van der Waals surface area contributed by atoms with Crippen molar-refractivity contribution >= 4 is 0 Å². The molecular weight excluding hydrogens is 188 g/mol. The Morgan fingerprint density at radius 2 is 2.27 bits per heavy atom. The number of hydrogen-bond acceptors (Lipinski definition) is 3. The molecule has 1 rings (SSSR count). The Morgan fingerprint density at radius 1 is 1.47 bits per heavy atom. The standard InChI is InChI=1S/C12H20N2O/c1-3-4-10(2)9-15-12-6-5-11(7-13)14-8-12/h5-6,8,10H,3-4,7,9,13H2,1-2H3. The molecule has 1 aromatic heterocycles. The lowest BCUT2D eigenvalue weighted by molar-refractivity contribution is 0.250. The molecule has 0 radical (unpaired) electrons. The van der Waals surface area contributed by atoms with Gasteiger partial charge >= 0.3 is 0 Å². The lowest BCUT2D eigenvalue weighted by Crippen LogP contribution is -2.08. The molecule has 0 aliphatic carbocycles. The van der Waals surface area contributed by atoms with Crippen molar-refractivity contribution in [3.8, 4) is 5.75 Å². The van der Waals surface area contributed by atoms with Crippen molar-refractivity contribution in [3.63, 3.8) is 0 Å². The second kappa shape index (κ2) is 6.40. The highest BCUT2D eigenvalue weighted by molar-refractivity contribution is 5.19. The Labute approximate surface area is 91.7 Å². The van der Waals surface area contributed by atoms with Crippen LogP contribution < -0.4 is 10.5 Å². The topological polar surface area (TPSA) is 48.1 Å². The minimum Gasteiger partial charge on any atom is -0.492 e. The van der Waals surface area contributed by atoms with E-state index in [1.165, 1.54) is 12.8 Å². The van der Waals surface area contributed by atoms with Crippen molar-refractivity contribution in [1.29, 1.82) is 0 Å². The molecule has 0 aromatic carbocycles. The van der Waals surface area contributed by atoms with Gasteiger partial charge in [-0.15, -0.1) is 0 Å². The van der Waals surface area contributed by atoms with Gasteiger partial charge in [0.1, 0.15) is 5.75 Å². The molecular formula is C12H20N2O. The van der Waals surface area contributed by atoms with Gasteiger partial charge in [-0.3, -0.25) is 4.98 Å². The van der Waals surface area contributed by atoms with Crippen LogP contribution in [0.15, 0.2) is 18.3 Å². The highest BCUT2D eigenvalue weighted by Crippen LogP contribution is 2.12. The first-order valence-electron chi connectivity index (χ1n) is 5.54. The lowest BCUT2D eigenvalue weighted by atomic mass is 10.1. The zero-order valence-electron chi connectivity index (χ0n) is 9.57. The normalized spacial score (nSPS) is 12.5. The van der Waals surface area contributed by atoms with E-state index in [0.717, 1.165) is 18.1 Å². The first kappa shape index (κ1) is 12.0. The van der Waals surface area contributed by atoms with Gasteiger partial charge in [-0.2, -0.15) is 0 Å². The predicted molar refractivity (Wildman–Crippen MR) is 61.7 cm³/mol. The van der Waals surface area contributed by atoms with E-state index in [1.54, 1.807) is 6.20 Å². The molecule has 2 N–H and O–H groups in total. The fourth-order valence-electron chi connectivity index (χ4n) is 1.43. The summed E-state index contributed by atoms with van der Waals surface area (Å²) in [5.74, 6) is 1.43. The molecule has 0 saturated heterocycles. The fourth-order valence-corrected chi connectivity index (χ4v) is 1.43. The molecule has 0 fully saturated rings. The third kappa shape index (κ3) is 4.30. The molecule has 0 aliphatic rings. The summed E-state index contributed by atoms with van der Waals surface area (Å²) in [6.07, 6.45) is 4.14. The van der Waals surface area contributed by atoms with Crippen LogP contribution in [0.4, 0.5) is 0 Å². The third-order valence-corrected chi connectivity index (χ3v) is 2.32. The monoisotopic (exact) mass is 208 g/mol. The molecule has 0 bridgehead atoms. The van der Waals surface area contributed by atoms with E-state index < -0.39 is 0 Å². The summed E-state index contributed by atoms with van der Waals surface area (Å²) in [5.41, 5.74) is 6.35. The van der Waals surface area contributed by atoms with Gasteiger partial charge in [0, 0.05) is 6.54 Å². The minimum atomic E-state index is 0.479. The van der Waals surface area contributed by atoms with Crippen LogP contribution in [-0.2, 0) is 6.54 Å². The summed E-state index contributed by atoms with van der Waals surface area (Å²) < 4.78 is 5.62. The number of nitrogens with zero attached hydrogens (tertiary/aromatic N) is 1. The van der Waals surface area contributed by atoms with Gasteiger partial charge in [0.05, 0.1) is 18.5 Å². The first-order chi connectivity index (χ1) is 7.26. The van der Waals surface area contributed by atoms with E-state index in [-0.39, 0.29) is 0 Å².